The topological polar surface area (TPSA) is 68.9 Å². The van der Waals surface area contributed by atoms with Gasteiger partial charge < -0.3 is 19.0 Å². The van der Waals surface area contributed by atoms with E-state index in [-0.39, 0.29) is 6.61 Å². The van der Waals surface area contributed by atoms with Gasteiger partial charge in [-0.05, 0) is 24.3 Å². The highest BCUT2D eigenvalue weighted by molar-refractivity contribution is 5.93. The van der Waals surface area contributed by atoms with Gasteiger partial charge in [0.2, 0.25) is 0 Å². The average molecular weight is 298 g/mol. The van der Waals surface area contributed by atoms with Crippen LogP contribution in [0.1, 0.15) is 16.1 Å². The lowest BCUT2D eigenvalue weighted by Crippen LogP contribution is -2.03. The number of aliphatic hydroxyl groups excluding tert-OH is 1. The van der Waals surface area contributed by atoms with Gasteiger partial charge in [-0.3, -0.25) is 0 Å². The first-order valence-corrected chi connectivity index (χ1v) is 6.70. The minimum Gasteiger partial charge on any atom is -0.465 e. The molecule has 0 aliphatic heterocycles. The van der Waals surface area contributed by atoms with Crippen molar-refractivity contribution in [3.8, 4) is 11.5 Å². The number of fused-ring (bicyclic) bond motifs is 1. The van der Waals surface area contributed by atoms with Gasteiger partial charge in [-0.15, -0.1) is 0 Å². The number of hydrogen-bond donors (Lipinski definition) is 1. The van der Waals surface area contributed by atoms with E-state index in [0.717, 1.165) is 5.39 Å². The Bertz CT molecular complexity index is 819. The zero-order chi connectivity index (χ0) is 15.5. The van der Waals surface area contributed by atoms with Crippen molar-refractivity contribution in [1.82, 2.24) is 0 Å². The second-order valence-corrected chi connectivity index (χ2v) is 4.64. The zero-order valence-corrected chi connectivity index (χ0v) is 11.9. The molecule has 2 aromatic carbocycles. The molecule has 22 heavy (non-hydrogen) atoms. The van der Waals surface area contributed by atoms with Crippen molar-refractivity contribution in [3.63, 3.8) is 0 Å². The number of aliphatic hydroxyl groups is 1. The zero-order valence-electron chi connectivity index (χ0n) is 11.9. The Hall–Kier alpha value is -2.79. The average Bonchev–Trinajstić information content (AvgIpc) is 2.99. The van der Waals surface area contributed by atoms with Gasteiger partial charge in [0.05, 0.1) is 7.11 Å². The van der Waals surface area contributed by atoms with Crippen LogP contribution in [0.15, 0.2) is 52.9 Å². The number of carbonyl (C=O) groups excluding carboxylic acids is 1. The monoisotopic (exact) mass is 298 g/mol. The summed E-state index contributed by atoms with van der Waals surface area (Å²) in [4.78, 5) is 11.8. The first-order valence-electron chi connectivity index (χ1n) is 6.70. The van der Waals surface area contributed by atoms with Crippen LogP contribution in [-0.4, -0.2) is 18.2 Å². The van der Waals surface area contributed by atoms with Crippen LogP contribution in [0, 0.1) is 0 Å². The number of benzene rings is 2. The molecule has 0 amide bonds. The Morgan fingerprint density at radius 1 is 1.14 bits per heavy atom. The molecular weight excluding hydrogens is 284 g/mol. The van der Waals surface area contributed by atoms with Gasteiger partial charge in [-0.2, -0.15) is 0 Å². The molecule has 5 nitrogen and oxygen atoms in total. The van der Waals surface area contributed by atoms with E-state index in [2.05, 4.69) is 0 Å². The molecule has 1 aromatic heterocycles. The van der Waals surface area contributed by atoms with E-state index in [1.165, 1.54) is 7.11 Å². The molecule has 0 spiro atoms. The molecule has 1 heterocycles. The van der Waals surface area contributed by atoms with Crippen LogP contribution < -0.4 is 4.74 Å². The third-order valence-corrected chi connectivity index (χ3v) is 3.23. The highest BCUT2D eigenvalue weighted by atomic mass is 16.5. The predicted molar refractivity (Wildman–Crippen MR) is 80.0 cm³/mol. The number of esters is 1. The highest BCUT2D eigenvalue weighted by Gasteiger charge is 2.15. The SMILES string of the molecule is COC(=O)c1ccccc1Oc1cccc2cc(CO)oc12. The van der Waals surface area contributed by atoms with E-state index in [4.69, 9.17) is 13.9 Å². The third-order valence-electron chi connectivity index (χ3n) is 3.23. The van der Waals surface area contributed by atoms with E-state index in [9.17, 15) is 9.90 Å². The number of ether oxygens (including phenoxy) is 2. The smallest absolute Gasteiger partial charge is 0.341 e. The summed E-state index contributed by atoms with van der Waals surface area (Å²) < 4.78 is 16.1. The summed E-state index contributed by atoms with van der Waals surface area (Å²) >= 11 is 0. The van der Waals surface area contributed by atoms with Gasteiger partial charge in [0.15, 0.2) is 11.3 Å². The molecule has 0 aliphatic carbocycles. The number of carbonyl (C=O) groups is 1. The maximum absolute atomic E-state index is 11.8. The predicted octanol–water partition coefficient (Wildman–Crippen LogP) is 3.50. The second kappa shape index (κ2) is 5.91. The number of rotatable bonds is 4. The van der Waals surface area contributed by atoms with E-state index >= 15 is 0 Å². The number of para-hydroxylation sites is 2. The van der Waals surface area contributed by atoms with Gasteiger partial charge in [-0.25, -0.2) is 4.79 Å². The summed E-state index contributed by atoms with van der Waals surface area (Å²) in [5.74, 6) is 0.822. The lowest BCUT2D eigenvalue weighted by Gasteiger charge is -2.09. The Kier molecular flexibility index (Phi) is 3.80. The fraction of sp³-hybridized carbons (Fsp3) is 0.118. The van der Waals surface area contributed by atoms with Gasteiger partial charge >= 0.3 is 5.97 Å². The van der Waals surface area contributed by atoms with Gasteiger partial charge in [-0.1, -0.05) is 24.3 Å². The quantitative estimate of drug-likeness (QED) is 0.746. The molecule has 3 aromatic rings. The molecule has 0 aliphatic rings. The third kappa shape index (κ3) is 2.54. The van der Waals surface area contributed by atoms with Crippen molar-refractivity contribution in [2.45, 2.75) is 6.61 Å². The van der Waals surface area contributed by atoms with Crippen molar-refractivity contribution < 1.29 is 23.8 Å². The fourth-order valence-electron chi connectivity index (χ4n) is 2.20. The van der Waals surface area contributed by atoms with Crippen LogP contribution in [0.2, 0.25) is 0 Å². The van der Waals surface area contributed by atoms with Crippen LogP contribution in [-0.2, 0) is 11.3 Å². The van der Waals surface area contributed by atoms with Crippen molar-refractivity contribution in [1.29, 1.82) is 0 Å². The van der Waals surface area contributed by atoms with E-state index in [0.29, 0.717) is 28.4 Å². The minimum atomic E-state index is -0.474. The van der Waals surface area contributed by atoms with E-state index < -0.39 is 5.97 Å². The Labute approximate surface area is 126 Å². The van der Waals surface area contributed by atoms with Crippen LogP contribution in [0.3, 0.4) is 0 Å². The van der Waals surface area contributed by atoms with Crippen LogP contribution in [0.25, 0.3) is 11.0 Å². The van der Waals surface area contributed by atoms with Gasteiger partial charge in [0.1, 0.15) is 23.7 Å². The van der Waals surface area contributed by atoms with E-state index in [1.807, 2.05) is 12.1 Å². The lowest BCUT2D eigenvalue weighted by atomic mass is 10.2. The molecule has 3 rings (SSSR count). The summed E-state index contributed by atoms with van der Waals surface area (Å²) in [6, 6.07) is 14.0. The maximum Gasteiger partial charge on any atom is 0.341 e. The molecule has 0 unspecified atom stereocenters. The van der Waals surface area contributed by atoms with Crippen LogP contribution >= 0.6 is 0 Å². The summed E-state index contributed by atoms with van der Waals surface area (Å²) in [6.45, 7) is -0.188. The standard InChI is InChI=1S/C17H14O5/c1-20-17(19)13-6-2-3-7-14(13)22-15-8-4-5-11-9-12(10-18)21-16(11)15/h2-9,18H,10H2,1H3. The summed E-state index contributed by atoms with van der Waals surface area (Å²) in [7, 11) is 1.32. The Balaban J connectivity index is 2.04. The van der Waals surface area contributed by atoms with Crippen molar-refractivity contribution in [2.24, 2.45) is 0 Å². The molecule has 1 N–H and O–H groups in total. The summed E-state index contributed by atoms with van der Waals surface area (Å²) in [5, 5.41) is 9.99. The fourth-order valence-corrected chi connectivity index (χ4v) is 2.20. The molecule has 0 fully saturated rings. The Morgan fingerprint density at radius 3 is 2.68 bits per heavy atom. The molecular formula is C17H14O5. The van der Waals surface area contributed by atoms with Crippen LogP contribution in [0.4, 0.5) is 0 Å². The van der Waals surface area contributed by atoms with Crippen molar-refractivity contribution in [2.75, 3.05) is 7.11 Å². The number of methoxy groups -OCH3 is 1. The molecule has 0 saturated carbocycles. The molecule has 5 heteroatoms. The molecule has 0 radical (unpaired) electrons. The summed E-state index contributed by atoms with van der Waals surface area (Å²) in [6.07, 6.45) is 0. The molecule has 0 atom stereocenters. The van der Waals surface area contributed by atoms with Gasteiger partial charge in [0.25, 0.3) is 0 Å². The van der Waals surface area contributed by atoms with Crippen molar-refractivity contribution in [3.05, 3.63) is 59.9 Å². The lowest BCUT2D eigenvalue weighted by molar-refractivity contribution is 0.0598. The second-order valence-electron chi connectivity index (χ2n) is 4.64. The number of furan rings is 1. The minimum absolute atomic E-state index is 0.188. The Morgan fingerprint density at radius 2 is 1.91 bits per heavy atom. The largest absolute Gasteiger partial charge is 0.465 e. The first-order chi connectivity index (χ1) is 10.7. The number of hydrogen-bond acceptors (Lipinski definition) is 5. The van der Waals surface area contributed by atoms with Crippen molar-refractivity contribution >= 4 is 16.9 Å². The molecule has 0 saturated heterocycles. The highest BCUT2D eigenvalue weighted by Crippen LogP contribution is 2.33. The first kappa shape index (κ1) is 14.2. The molecule has 0 bridgehead atoms. The molecule has 112 valence electrons. The van der Waals surface area contributed by atoms with E-state index in [1.54, 1.807) is 36.4 Å². The van der Waals surface area contributed by atoms with Gasteiger partial charge in [0, 0.05) is 5.39 Å². The normalized spacial score (nSPS) is 10.6. The maximum atomic E-state index is 11.8. The van der Waals surface area contributed by atoms with Crippen LogP contribution in [0.5, 0.6) is 11.5 Å². The summed E-state index contributed by atoms with van der Waals surface area (Å²) in [5.41, 5.74) is 0.849.